The fraction of sp³-hybridized carbons (Fsp3) is 0.500. The first-order chi connectivity index (χ1) is 7.66. The Bertz CT molecular complexity index is 376. The molecule has 3 nitrogen and oxygen atoms in total. The highest BCUT2D eigenvalue weighted by molar-refractivity contribution is 6.31. The fourth-order valence-electron chi connectivity index (χ4n) is 2.16. The molecule has 1 aliphatic rings. The second kappa shape index (κ2) is 4.93. The predicted octanol–water partition coefficient (Wildman–Crippen LogP) is 2.61. The number of hydrogen-bond acceptors (Lipinski definition) is 3. The van der Waals surface area contributed by atoms with Gasteiger partial charge in [0.1, 0.15) is 5.75 Å². The van der Waals surface area contributed by atoms with Crippen molar-refractivity contribution in [2.75, 3.05) is 18.8 Å². The molecule has 1 heterocycles. The fourth-order valence-corrected chi connectivity index (χ4v) is 2.41. The van der Waals surface area contributed by atoms with E-state index in [1.165, 1.54) is 19.3 Å². The third kappa shape index (κ3) is 2.60. The van der Waals surface area contributed by atoms with Crippen LogP contribution in [0, 0.1) is 0 Å². The number of benzene rings is 1. The Morgan fingerprint density at radius 1 is 1.25 bits per heavy atom. The minimum Gasteiger partial charge on any atom is -0.505 e. The summed E-state index contributed by atoms with van der Waals surface area (Å²) in [6, 6.07) is 3.37. The van der Waals surface area contributed by atoms with E-state index in [1.54, 1.807) is 12.1 Å². The van der Waals surface area contributed by atoms with Crippen LogP contribution in [-0.2, 0) is 6.54 Å². The molecule has 0 aliphatic carbocycles. The summed E-state index contributed by atoms with van der Waals surface area (Å²) in [5.41, 5.74) is 6.86. The van der Waals surface area contributed by atoms with E-state index < -0.39 is 0 Å². The molecule has 0 bridgehead atoms. The summed E-state index contributed by atoms with van der Waals surface area (Å²) in [4.78, 5) is 2.33. The van der Waals surface area contributed by atoms with Crippen molar-refractivity contribution >= 4 is 17.3 Å². The van der Waals surface area contributed by atoms with Crippen molar-refractivity contribution in [3.8, 4) is 5.75 Å². The van der Waals surface area contributed by atoms with E-state index in [-0.39, 0.29) is 5.75 Å². The third-order valence-corrected chi connectivity index (χ3v) is 3.24. The predicted molar refractivity (Wildman–Crippen MR) is 66.7 cm³/mol. The highest BCUT2D eigenvalue weighted by Gasteiger charge is 2.14. The number of halogens is 1. The summed E-state index contributed by atoms with van der Waals surface area (Å²) < 4.78 is 0. The molecule has 0 amide bonds. The van der Waals surface area contributed by atoms with Crippen molar-refractivity contribution in [1.82, 2.24) is 4.90 Å². The Hall–Kier alpha value is -0.930. The van der Waals surface area contributed by atoms with Crippen LogP contribution in [0.15, 0.2) is 12.1 Å². The lowest BCUT2D eigenvalue weighted by Gasteiger charge is -2.26. The lowest BCUT2D eigenvalue weighted by molar-refractivity contribution is 0.218. The van der Waals surface area contributed by atoms with Gasteiger partial charge in [0.05, 0.1) is 5.69 Å². The number of aromatic hydroxyl groups is 1. The van der Waals surface area contributed by atoms with Crippen LogP contribution in [0.3, 0.4) is 0 Å². The number of nitrogen functional groups attached to an aromatic ring is 1. The summed E-state index contributed by atoms with van der Waals surface area (Å²) in [6.07, 6.45) is 3.77. The molecular formula is C12H17ClN2O. The first-order valence-corrected chi connectivity index (χ1v) is 6.04. The van der Waals surface area contributed by atoms with Crippen LogP contribution in [0.1, 0.15) is 24.8 Å². The van der Waals surface area contributed by atoms with E-state index in [0.717, 1.165) is 25.2 Å². The number of anilines is 1. The zero-order valence-electron chi connectivity index (χ0n) is 9.25. The molecule has 4 heteroatoms. The van der Waals surface area contributed by atoms with E-state index in [2.05, 4.69) is 4.90 Å². The summed E-state index contributed by atoms with van der Waals surface area (Å²) in [7, 11) is 0. The highest BCUT2D eigenvalue weighted by Crippen LogP contribution is 2.30. The Balaban J connectivity index is 2.13. The number of nitrogens with two attached hydrogens (primary N) is 1. The van der Waals surface area contributed by atoms with Gasteiger partial charge in [0.25, 0.3) is 0 Å². The van der Waals surface area contributed by atoms with Gasteiger partial charge in [0, 0.05) is 17.1 Å². The van der Waals surface area contributed by atoms with Gasteiger partial charge in [-0.25, -0.2) is 0 Å². The van der Waals surface area contributed by atoms with Crippen LogP contribution in [-0.4, -0.2) is 23.1 Å². The quantitative estimate of drug-likeness (QED) is 0.617. The number of rotatable bonds is 2. The molecule has 1 fully saturated rings. The van der Waals surface area contributed by atoms with Gasteiger partial charge in [0.15, 0.2) is 0 Å². The minimum absolute atomic E-state index is 0.176. The normalized spacial score (nSPS) is 17.6. The van der Waals surface area contributed by atoms with Crippen molar-refractivity contribution in [2.24, 2.45) is 0 Å². The maximum Gasteiger partial charge on any atom is 0.143 e. The van der Waals surface area contributed by atoms with Gasteiger partial charge in [0.2, 0.25) is 0 Å². The molecule has 1 saturated heterocycles. The zero-order chi connectivity index (χ0) is 11.5. The molecule has 16 heavy (non-hydrogen) atoms. The molecule has 88 valence electrons. The average Bonchev–Trinajstić information content (AvgIpc) is 2.27. The highest BCUT2D eigenvalue weighted by atomic mass is 35.5. The third-order valence-electron chi connectivity index (χ3n) is 3.03. The molecule has 1 aliphatic heterocycles. The zero-order valence-corrected chi connectivity index (χ0v) is 10.0. The van der Waals surface area contributed by atoms with Gasteiger partial charge >= 0.3 is 0 Å². The summed E-state index contributed by atoms with van der Waals surface area (Å²) >= 11 is 5.93. The van der Waals surface area contributed by atoms with Gasteiger partial charge in [-0.3, -0.25) is 4.90 Å². The van der Waals surface area contributed by atoms with Gasteiger partial charge in [-0.2, -0.15) is 0 Å². The monoisotopic (exact) mass is 240 g/mol. The Kier molecular flexibility index (Phi) is 3.56. The first-order valence-electron chi connectivity index (χ1n) is 5.66. The van der Waals surface area contributed by atoms with Crippen molar-refractivity contribution in [3.63, 3.8) is 0 Å². The molecule has 0 atom stereocenters. The maximum atomic E-state index is 9.84. The molecule has 1 aromatic rings. The van der Waals surface area contributed by atoms with E-state index in [4.69, 9.17) is 17.3 Å². The number of hydrogen-bond donors (Lipinski definition) is 2. The standard InChI is InChI=1S/C12H17ClN2O/c13-10-6-9(12(16)11(14)7-10)8-15-4-2-1-3-5-15/h6-7,16H,1-5,8,14H2. The van der Waals surface area contributed by atoms with Crippen LogP contribution < -0.4 is 5.73 Å². The number of phenolic OH excluding ortho intramolecular Hbond substituents is 1. The number of nitrogens with zero attached hydrogens (tertiary/aromatic N) is 1. The molecule has 0 aromatic heterocycles. The largest absolute Gasteiger partial charge is 0.505 e. The minimum atomic E-state index is 0.176. The molecular weight excluding hydrogens is 224 g/mol. The topological polar surface area (TPSA) is 49.5 Å². The molecule has 0 saturated carbocycles. The van der Waals surface area contributed by atoms with Gasteiger partial charge in [-0.05, 0) is 38.1 Å². The van der Waals surface area contributed by atoms with Crippen LogP contribution in [0.2, 0.25) is 5.02 Å². The van der Waals surface area contributed by atoms with Crippen molar-refractivity contribution in [2.45, 2.75) is 25.8 Å². The number of likely N-dealkylation sites (tertiary alicyclic amines) is 1. The molecule has 0 unspecified atom stereocenters. The SMILES string of the molecule is Nc1cc(Cl)cc(CN2CCCCC2)c1O. The second-order valence-corrected chi connectivity index (χ2v) is 4.78. The smallest absolute Gasteiger partial charge is 0.143 e. The number of piperidine rings is 1. The van der Waals surface area contributed by atoms with Crippen LogP contribution in [0.5, 0.6) is 5.75 Å². The maximum absolute atomic E-state index is 9.84. The molecule has 2 rings (SSSR count). The van der Waals surface area contributed by atoms with E-state index >= 15 is 0 Å². The van der Waals surface area contributed by atoms with Crippen LogP contribution in [0.25, 0.3) is 0 Å². The lowest BCUT2D eigenvalue weighted by atomic mass is 10.1. The summed E-state index contributed by atoms with van der Waals surface area (Å²) in [6.45, 7) is 2.91. The van der Waals surface area contributed by atoms with E-state index in [9.17, 15) is 5.11 Å². The average molecular weight is 241 g/mol. The molecule has 3 N–H and O–H groups in total. The van der Waals surface area contributed by atoms with E-state index in [1.807, 2.05) is 0 Å². The lowest BCUT2D eigenvalue weighted by Crippen LogP contribution is -2.29. The number of phenols is 1. The van der Waals surface area contributed by atoms with Crippen molar-refractivity contribution in [3.05, 3.63) is 22.7 Å². The Labute approximate surface area is 101 Å². The van der Waals surface area contributed by atoms with Gasteiger partial charge in [-0.15, -0.1) is 0 Å². The van der Waals surface area contributed by atoms with Crippen molar-refractivity contribution < 1.29 is 5.11 Å². The van der Waals surface area contributed by atoms with Crippen LogP contribution in [0.4, 0.5) is 5.69 Å². The van der Waals surface area contributed by atoms with Crippen molar-refractivity contribution in [1.29, 1.82) is 0 Å². The van der Waals surface area contributed by atoms with Gasteiger partial charge in [-0.1, -0.05) is 18.0 Å². The molecule has 0 spiro atoms. The van der Waals surface area contributed by atoms with E-state index in [0.29, 0.717) is 10.7 Å². The second-order valence-electron chi connectivity index (χ2n) is 4.34. The van der Waals surface area contributed by atoms with Gasteiger partial charge < -0.3 is 10.8 Å². The molecule has 0 radical (unpaired) electrons. The Morgan fingerprint density at radius 2 is 1.94 bits per heavy atom. The Morgan fingerprint density at radius 3 is 2.62 bits per heavy atom. The molecule has 1 aromatic carbocycles. The summed E-state index contributed by atoms with van der Waals surface area (Å²) in [5, 5.41) is 10.4. The van der Waals surface area contributed by atoms with Crippen LogP contribution >= 0.6 is 11.6 Å². The summed E-state index contributed by atoms with van der Waals surface area (Å²) in [5.74, 6) is 0.176. The first kappa shape index (κ1) is 11.6.